The fraction of sp³-hybridized carbons (Fsp3) is 0.250. The summed E-state index contributed by atoms with van der Waals surface area (Å²) in [7, 11) is -5.61. The summed E-state index contributed by atoms with van der Waals surface area (Å²) >= 11 is 5.83. The highest BCUT2D eigenvalue weighted by molar-refractivity contribution is 7.89. The molecular formula is C12H15ClN6O4S2. The summed E-state index contributed by atoms with van der Waals surface area (Å²) in [4.78, 5) is 3.51. The van der Waals surface area contributed by atoms with Crippen LogP contribution in [0.3, 0.4) is 0 Å². The predicted molar refractivity (Wildman–Crippen MR) is 91.5 cm³/mol. The lowest BCUT2D eigenvalue weighted by Crippen LogP contribution is -2.32. The molecule has 13 heteroatoms. The van der Waals surface area contributed by atoms with E-state index in [-0.39, 0.29) is 12.3 Å². The van der Waals surface area contributed by atoms with Gasteiger partial charge in [0.1, 0.15) is 6.33 Å². The van der Waals surface area contributed by atoms with Gasteiger partial charge in [0.05, 0.1) is 12.3 Å². The highest BCUT2D eigenvalue weighted by Gasteiger charge is 2.24. The largest absolute Gasteiger partial charge is 0.323 e. The highest BCUT2D eigenvalue weighted by Crippen LogP contribution is 2.11. The molecule has 1 aromatic carbocycles. The van der Waals surface area contributed by atoms with E-state index in [0.717, 1.165) is 10.6 Å². The molecule has 0 radical (unpaired) electrons. The topological polar surface area (TPSA) is 138 Å². The summed E-state index contributed by atoms with van der Waals surface area (Å²) in [6.07, 6.45) is 0.784. The van der Waals surface area contributed by atoms with Crippen molar-refractivity contribution in [3.05, 3.63) is 41.2 Å². The minimum Gasteiger partial charge on any atom is -0.303 e. The zero-order valence-corrected chi connectivity index (χ0v) is 15.6. The molecule has 0 saturated heterocycles. The van der Waals surface area contributed by atoms with E-state index in [0.29, 0.717) is 14.7 Å². The van der Waals surface area contributed by atoms with Crippen molar-refractivity contribution in [3.8, 4) is 0 Å². The maximum absolute atomic E-state index is 12.2. The average Bonchev–Trinajstić information content (AvgIpc) is 3.04. The standard InChI is InChI=1S/C12H15ClN6O4S2/c1-18(2)25(22,23)19-8-15-12(17-19)24(20,21)16-7-11(14)9-4-3-5-10(13)6-9/h3-6,8,14,16H,7H2,1-2H3. The third kappa shape index (κ3) is 4.41. The van der Waals surface area contributed by atoms with E-state index in [1.807, 2.05) is 0 Å². The predicted octanol–water partition coefficient (Wildman–Crippen LogP) is -0.0676. The van der Waals surface area contributed by atoms with Crippen LogP contribution in [0.4, 0.5) is 0 Å². The van der Waals surface area contributed by atoms with Crippen molar-refractivity contribution in [3.63, 3.8) is 0 Å². The number of hydrogen-bond donors (Lipinski definition) is 2. The van der Waals surface area contributed by atoms with Crippen molar-refractivity contribution in [1.82, 2.24) is 23.2 Å². The maximum atomic E-state index is 12.2. The van der Waals surface area contributed by atoms with Crippen LogP contribution in [0.1, 0.15) is 5.56 Å². The molecule has 0 saturated carbocycles. The van der Waals surface area contributed by atoms with E-state index >= 15 is 0 Å². The van der Waals surface area contributed by atoms with E-state index in [1.54, 1.807) is 18.2 Å². The second-order valence-corrected chi connectivity index (χ2v) is 9.10. The Labute approximate surface area is 150 Å². The Morgan fingerprint density at radius 3 is 2.60 bits per heavy atom. The Hall–Kier alpha value is -1.86. The summed E-state index contributed by atoms with van der Waals surface area (Å²) in [5.74, 6) is 0. The molecule has 136 valence electrons. The number of nitrogens with zero attached hydrogens (tertiary/aromatic N) is 4. The first-order valence-electron chi connectivity index (χ1n) is 6.72. The number of halogens is 1. The lowest BCUT2D eigenvalue weighted by molar-refractivity contribution is 0.502. The molecule has 10 nitrogen and oxygen atoms in total. The van der Waals surface area contributed by atoms with Crippen LogP contribution in [-0.4, -0.2) is 61.7 Å². The molecule has 2 rings (SSSR count). The molecule has 0 aliphatic rings. The van der Waals surface area contributed by atoms with Crippen molar-refractivity contribution < 1.29 is 16.8 Å². The molecule has 0 aliphatic heterocycles. The van der Waals surface area contributed by atoms with Gasteiger partial charge in [0.15, 0.2) is 0 Å². The van der Waals surface area contributed by atoms with Crippen LogP contribution in [0.15, 0.2) is 35.7 Å². The molecule has 2 N–H and O–H groups in total. The minimum absolute atomic E-state index is 0.0218. The number of hydrogen-bond acceptors (Lipinski definition) is 7. The van der Waals surface area contributed by atoms with Crippen molar-refractivity contribution in [2.75, 3.05) is 20.6 Å². The van der Waals surface area contributed by atoms with Crippen LogP contribution in [0.25, 0.3) is 0 Å². The van der Waals surface area contributed by atoms with Crippen molar-refractivity contribution in [1.29, 1.82) is 5.41 Å². The molecule has 0 amide bonds. The molecule has 1 heterocycles. The SMILES string of the molecule is CN(C)S(=O)(=O)n1cnc(S(=O)(=O)NCC(=N)c2cccc(Cl)c2)n1. The van der Waals surface area contributed by atoms with Crippen molar-refractivity contribution >= 4 is 37.5 Å². The van der Waals surface area contributed by atoms with Gasteiger partial charge in [-0.3, -0.25) is 0 Å². The quantitative estimate of drug-likeness (QED) is 0.617. The number of aromatic nitrogens is 3. The van der Waals surface area contributed by atoms with Gasteiger partial charge in [-0.25, -0.2) is 18.1 Å². The number of sulfonamides is 1. The van der Waals surface area contributed by atoms with Crippen LogP contribution < -0.4 is 4.72 Å². The van der Waals surface area contributed by atoms with Crippen molar-refractivity contribution in [2.24, 2.45) is 0 Å². The van der Waals surface area contributed by atoms with Gasteiger partial charge in [0.2, 0.25) is 0 Å². The third-order valence-electron chi connectivity index (χ3n) is 3.00. The summed E-state index contributed by atoms with van der Waals surface area (Å²) in [5.41, 5.74) is 0.426. The Balaban J connectivity index is 2.15. The zero-order valence-electron chi connectivity index (χ0n) is 13.2. The lowest BCUT2D eigenvalue weighted by atomic mass is 10.1. The van der Waals surface area contributed by atoms with Crippen molar-refractivity contribution in [2.45, 2.75) is 5.16 Å². The lowest BCUT2D eigenvalue weighted by Gasteiger charge is -2.09. The Morgan fingerprint density at radius 2 is 2.00 bits per heavy atom. The van der Waals surface area contributed by atoms with Gasteiger partial charge in [-0.05, 0) is 17.7 Å². The fourth-order valence-electron chi connectivity index (χ4n) is 1.65. The molecule has 0 spiro atoms. The van der Waals surface area contributed by atoms with E-state index in [2.05, 4.69) is 14.8 Å². The second-order valence-electron chi connectivity index (χ2n) is 5.00. The first-order valence-corrected chi connectivity index (χ1v) is 9.97. The smallest absolute Gasteiger partial charge is 0.303 e. The molecule has 0 fully saturated rings. The van der Waals surface area contributed by atoms with Crippen LogP contribution >= 0.6 is 11.6 Å². The first-order chi connectivity index (χ1) is 11.5. The van der Waals surface area contributed by atoms with Gasteiger partial charge in [-0.15, -0.1) is 9.19 Å². The van der Waals surface area contributed by atoms with E-state index in [4.69, 9.17) is 17.0 Å². The molecule has 25 heavy (non-hydrogen) atoms. The summed E-state index contributed by atoms with van der Waals surface area (Å²) in [6, 6.07) is 6.40. The third-order valence-corrected chi connectivity index (χ3v) is 6.00. The molecule has 0 aliphatic carbocycles. The summed E-state index contributed by atoms with van der Waals surface area (Å²) in [5, 5.41) is 11.1. The summed E-state index contributed by atoms with van der Waals surface area (Å²) < 4.78 is 51.5. The Bertz CT molecular complexity index is 1000. The van der Waals surface area contributed by atoms with Gasteiger partial charge >= 0.3 is 10.2 Å². The number of nitrogens with one attached hydrogen (secondary N) is 2. The molecule has 1 aromatic heterocycles. The van der Waals surface area contributed by atoms with E-state index in [9.17, 15) is 16.8 Å². The number of rotatable bonds is 7. The average molecular weight is 407 g/mol. The molecule has 2 aromatic rings. The van der Waals surface area contributed by atoms with Gasteiger partial charge in [0.25, 0.3) is 15.2 Å². The molecule has 0 bridgehead atoms. The van der Waals surface area contributed by atoms with Crippen LogP contribution in [-0.2, 0) is 20.2 Å². The number of benzene rings is 1. The van der Waals surface area contributed by atoms with Gasteiger partial charge in [0, 0.05) is 19.1 Å². The molecule has 0 atom stereocenters. The van der Waals surface area contributed by atoms with E-state index < -0.39 is 25.4 Å². The monoisotopic (exact) mass is 406 g/mol. The normalized spacial score (nSPS) is 12.5. The van der Waals surface area contributed by atoms with Crippen LogP contribution in [0.2, 0.25) is 5.02 Å². The minimum atomic E-state index is -4.19. The fourth-order valence-corrected chi connectivity index (χ4v) is 3.41. The van der Waals surface area contributed by atoms with E-state index in [1.165, 1.54) is 20.2 Å². The second kappa shape index (κ2) is 7.17. The molecule has 0 unspecified atom stereocenters. The Morgan fingerprint density at radius 1 is 1.32 bits per heavy atom. The van der Waals surface area contributed by atoms with Gasteiger partial charge < -0.3 is 5.41 Å². The van der Waals surface area contributed by atoms with Gasteiger partial charge in [-0.1, -0.05) is 23.7 Å². The zero-order chi connectivity index (χ0) is 18.8. The highest BCUT2D eigenvalue weighted by atomic mass is 35.5. The van der Waals surface area contributed by atoms with Gasteiger partial charge in [-0.2, -0.15) is 12.7 Å². The first kappa shape index (κ1) is 19.5. The molecular weight excluding hydrogens is 392 g/mol. The Kier molecular flexibility index (Phi) is 5.58. The summed E-state index contributed by atoms with van der Waals surface area (Å²) in [6.45, 7) is -0.336. The van der Waals surface area contributed by atoms with Crippen LogP contribution in [0.5, 0.6) is 0 Å². The maximum Gasteiger partial charge on any atom is 0.323 e. The van der Waals surface area contributed by atoms with Crippen LogP contribution in [0, 0.1) is 5.41 Å².